The van der Waals surface area contributed by atoms with E-state index in [4.69, 9.17) is 10.9 Å². The van der Waals surface area contributed by atoms with Gasteiger partial charge >= 0.3 is 0 Å². The van der Waals surface area contributed by atoms with E-state index in [1.165, 1.54) is 12.1 Å². The van der Waals surface area contributed by atoms with Gasteiger partial charge in [-0.3, -0.25) is 0 Å². The average molecular weight is 285 g/mol. The number of nitrogens with two attached hydrogens (primary N) is 1. The third-order valence-electron chi connectivity index (χ3n) is 3.39. The second-order valence-corrected chi connectivity index (χ2v) is 4.60. The molecule has 0 aromatic heterocycles. The van der Waals surface area contributed by atoms with E-state index in [-0.39, 0.29) is 31.2 Å². The van der Waals surface area contributed by atoms with Gasteiger partial charge in [-0.25, -0.2) is 4.39 Å². The molecule has 6 N–H and O–H groups in total. The number of rotatable bonds is 7. The molecular weight excluding hydrogens is 265 g/mol. The van der Waals surface area contributed by atoms with Crippen LogP contribution < -0.4 is 11.1 Å². The molecule has 0 fully saturated rings. The summed E-state index contributed by atoms with van der Waals surface area (Å²) < 4.78 is 13.9. The molecule has 0 atom stereocenters. The molecule has 0 aliphatic carbocycles. The summed E-state index contributed by atoms with van der Waals surface area (Å²) in [5.74, 6) is -0.681. The number of aliphatic hydroxyl groups excluding tert-OH is 2. The van der Waals surface area contributed by atoms with Crippen LogP contribution in [0.25, 0.3) is 0 Å². The summed E-state index contributed by atoms with van der Waals surface area (Å²) in [4.78, 5) is 0. The molecule has 0 spiro atoms. The third-order valence-corrected chi connectivity index (χ3v) is 3.39. The first-order valence-corrected chi connectivity index (χ1v) is 6.25. The van der Waals surface area contributed by atoms with E-state index in [0.29, 0.717) is 12.0 Å². The zero-order valence-corrected chi connectivity index (χ0v) is 11.3. The Morgan fingerprint density at radius 3 is 2.50 bits per heavy atom. The van der Waals surface area contributed by atoms with Gasteiger partial charge in [0.25, 0.3) is 0 Å². The summed E-state index contributed by atoms with van der Waals surface area (Å²) >= 11 is 0. The van der Waals surface area contributed by atoms with Crippen molar-refractivity contribution in [2.24, 2.45) is 10.9 Å². The molecular formula is C13H20FN3O3. The van der Waals surface area contributed by atoms with Crippen LogP contribution in [-0.2, 0) is 6.54 Å². The van der Waals surface area contributed by atoms with Gasteiger partial charge in [-0.15, -0.1) is 0 Å². The quantitative estimate of drug-likeness (QED) is 0.212. The minimum atomic E-state index is -0.837. The molecule has 1 aromatic carbocycles. The lowest BCUT2D eigenvalue weighted by atomic mass is 9.98. The van der Waals surface area contributed by atoms with Crippen molar-refractivity contribution in [3.63, 3.8) is 0 Å². The SMILES string of the molecule is CCC(CO)(CO)NCc1ccc(/C(N)=N/O)cc1F. The predicted molar refractivity (Wildman–Crippen MR) is 72.9 cm³/mol. The predicted octanol–water partition coefficient (Wildman–Crippen LogP) is 0.143. The standard InChI is InChI=1S/C13H20FN3O3/c1-2-13(7-18,8-19)16-6-10-4-3-9(5-11(10)14)12(15)17-20/h3-5,16,18-20H,2,6-8H2,1H3,(H2,15,17). The Balaban J connectivity index is 2.84. The van der Waals surface area contributed by atoms with Crippen molar-refractivity contribution in [3.05, 3.63) is 35.1 Å². The summed E-state index contributed by atoms with van der Waals surface area (Å²) in [5.41, 5.74) is 5.17. The van der Waals surface area contributed by atoms with Gasteiger partial charge in [0.1, 0.15) is 5.82 Å². The summed E-state index contributed by atoms with van der Waals surface area (Å²) in [6, 6.07) is 4.20. The lowest BCUT2D eigenvalue weighted by Gasteiger charge is -2.30. The molecule has 0 aliphatic rings. The number of amidine groups is 1. The highest BCUT2D eigenvalue weighted by molar-refractivity contribution is 5.97. The van der Waals surface area contributed by atoms with Gasteiger partial charge < -0.3 is 26.5 Å². The largest absolute Gasteiger partial charge is 0.409 e. The van der Waals surface area contributed by atoms with Crippen LogP contribution in [0.5, 0.6) is 0 Å². The fraction of sp³-hybridized carbons (Fsp3) is 0.462. The second-order valence-electron chi connectivity index (χ2n) is 4.60. The van der Waals surface area contributed by atoms with Crippen LogP contribution in [0.15, 0.2) is 23.4 Å². The smallest absolute Gasteiger partial charge is 0.170 e. The lowest BCUT2D eigenvalue weighted by molar-refractivity contribution is 0.0861. The van der Waals surface area contributed by atoms with Crippen LogP contribution in [0.2, 0.25) is 0 Å². The number of oxime groups is 1. The number of nitrogens with zero attached hydrogens (tertiary/aromatic N) is 1. The Morgan fingerprint density at radius 2 is 2.05 bits per heavy atom. The van der Waals surface area contributed by atoms with E-state index in [1.807, 2.05) is 6.92 Å². The Kier molecular flexibility index (Phi) is 5.87. The van der Waals surface area contributed by atoms with Crippen molar-refractivity contribution in [1.82, 2.24) is 5.32 Å². The Hall–Kier alpha value is -1.70. The summed E-state index contributed by atoms with van der Waals surface area (Å²) in [6.07, 6.45) is 0.504. The molecule has 7 heteroatoms. The van der Waals surface area contributed by atoms with Gasteiger partial charge in [0, 0.05) is 17.7 Å². The van der Waals surface area contributed by atoms with E-state index < -0.39 is 11.4 Å². The monoisotopic (exact) mass is 285 g/mol. The van der Waals surface area contributed by atoms with Crippen LogP contribution in [0.3, 0.4) is 0 Å². The number of halogens is 1. The van der Waals surface area contributed by atoms with E-state index in [1.54, 1.807) is 0 Å². The number of benzene rings is 1. The highest BCUT2D eigenvalue weighted by atomic mass is 19.1. The van der Waals surface area contributed by atoms with E-state index in [2.05, 4.69) is 10.5 Å². The summed E-state index contributed by atoms with van der Waals surface area (Å²) in [6.45, 7) is 1.47. The fourth-order valence-electron chi connectivity index (χ4n) is 1.70. The lowest BCUT2D eigenvalue weighted by Crippen LogP contribution is -2.50. The van der Waals surface area contributed by atoms with Crippen LogP contribution in [0.4, 0.5) is 4.39 Å². The van der Waals surface area contributed by atoms with Gasteiger partial charge in [0.15, 0.2) is 5.84 Å². The number of hydrogen-bond acceptors (Lipinski definition) is 5. The molecule has 112 valence electrons. The fourth-order valence-corrected chi connectivity index (χ4v) is 1.70. The molecule has 0 heterocycles. The molecule has 1 aromatic rings. The number of hydrogen-bond donors (Lipinski definition) is 5. The molecule has 6 nitrogen and oxygen atoms in total. The van der Waals surface area contributed by atoms with Gasteiger partial charge in [-0.05, 0) is 12.5 Å². The Bertz CT molecular complexity index is 468. The molecule has 0 saturated heterocycles. The van der Waals surface area contributed by atoms with Crippen molar-refractivity contribution in [3.8, 4) is 0 Å². The highest BCUT2D eigenvalue weighted by Gasteiger charge is 2.25. The summed E-state index contributed by atoms with van der Waals surface area (Å²) in [5, 5.41) is 32.9. The van der Waals surface area contributed by atoms with E-state index in [0.717, 1.165) is 6.07 Å². The van der Waals surface area contributed by atoms with Crippen molar-refractivity contribution in [1.29, 1.82) is 0 Å². The van der Waals surface area contributed by atoms with Crippen LogP contribution in [0, 0.1) is 5.82 Å². The normalized spacial score (nSPS) is 12.7. The number of aliphatic hydroxyl groups is 2. The summed E-state index contributed by atoms with van der Waals surface area (Å²) in [7, 11) is 0. The molecule has 1 rings (SSSR count). The highest BCUT2D eigenvalue weighted by Crippen LogP contribution is 2.14. The van der Waals surface area contributed by atoms with E-state index >= 15 is 0 Å². The molecule has 0 bridgehead atoms. The van der Waals surface area contributed by atoms with Gasteiger partial charge in [-0.2, -0.15) is 0 Å². The molecule has 0 amide bonds. The third kappa shape index (κ3) is 3.66. The van der Waals surface area contributed by atoms with Crippen LogP contribution >= 0.6 is 0 Å². The molecule has 20 heavy (non-hydrogen) atoms. The minimum absolute atomic E-state index is 0.150. The van der Waals surface area contributed by atoms with Gasteiger partial charge in [0.05, 0.1) is 18.8 Å². The average Bonchev–Trinajstić information content (AvgIpc) is 2.49. The maximum Gasteiger partial charge on any atom is 0.170 e. The minimum Gasteiger partial charge on any atom is -0.409 e. The first kappa shape index (κ1) is 16.4. The maximum absolute atomic E-state index is 13.9. The zero-order chi connectivity index (χ0) is 15.2. The molecule has 0 radical (unpaired) electrons. The second kappa shape index (κ2) is 7.18. The molecule has 0 aliphatic heterocycles. The van der Waals surface area contributed by atoms with Crippen molar-refractivity contribution in [2.75, 3.05) is 13.2 Å². The van der Waals surface area contributed by atoms with Crippen molar-refractivity contribution in [2.45, 2.75) is 25.4 Å². The first-order valence-electron chi connectivity index (χ1n) is 6.25. The number of nitrogens with one attached hydrogen (secondary N) is 1. The topological polar surface area (TPSA) is 111 Å². The molecule has 0 unspecified atom stereocenters. The Morgan fingerprint density at radius 1 is 1.40 bits per heavy atom. The van der Waals surface area contributed by atoms with Gasteiger partial charge in [0.2, 0.25) is 0 Å². The molecule has 0 saturated carbocycles. The Labute approximate surface area is 116 Å². The van der Waals surface area contributed by atoms with Crippen molar-refractivity contribution >= 4 is 5.84 Å². The van der Waals surface area contributed by atoms with Crippen LogP contribution in [0.1, 0.15) is 24.5 Å². The van der Waals surface area contributed by atoms with Crippen LogP contribution in [-0.4, -0.2) is 40.0 Å². The zero-order valence-electron chi connectivity index (χ0n) is 11.3. The first-order chi connectivity index (χ1) is 9.51. The van der Waals surface area contributed by atoms with E-state index in [9.17, 15) is 14.6 Å². The van der Waals surface area contributed by atoms with Crippen molar-refractivity contribution < 1.29 is 19.8 Å². The maximum atomic E-state index is 13.9. The van der Waals surface area contributed by atoms with Gasteiger partial charge in [-0.1, -0.05) is 24.2 Å².